The number of ether oxygens (including phenoxy) is 6. The molecular weight excluding hydrogens is 1620 g/mol. The molecule has 0 aliphatic heterocycles. The highest BCUT2D eigenvalue weighted by Gasteiger charge is 2.35. The lowest BCUT2D eigenvalue weighted by atomic mass is 9.95. The van der Waals surface area contributed by atoms with Crippen LogP contribution in [0, 0.1) is 61.3 Å². The van der Waals surface area contributed by atoms with E-state index in [1.165, 1.54) is 33.0 Å². The second-order valence-electron chi connectivity index (χ2n) is 34.9. The Hall–Kier alpha value is -15.2. The number of para-hydroxylation sites is 6. The van der Waals surface area contributed by atoms with Gasteiger partial charge in [0.25, 0.3) is 22.9 Å². The maximum Gasteiger partial charge on any atom is 0.380 e. The lowest BCUT2D eigenvalue weighted by Gasteiger charge is -2.18. The SMILES string of the molecule is Cc1c(Oc2cccc(Oc3cccc[n+]3C)[n+]2C)cnc2c3c(C(C)C)cccc3n3c4ccccc4[n+](C)c3c12.Cc1nc(C)c(Oc2cccc[n+]2C)c(C)c1Oc1cnc2c3c(C(C)C)cccc3n3c4ccccc4[n+](C)c3c2c1C.Cc1nc(F)c(Oc2cnc3c4c(C(C)C)cccc4n4c5ccccc5[n+](C)c4c3c2C)c(C)c1Oc1cccc[n+]1C. The second kappa shape index (κ2) is 33.2. The molecule has 0 saturated carbocycles. The Morgan fingerprint density at radius 3 is 0.938 bits per heavy atom. The molecule has 0 unspecified atom stereocenters. The van der Waals surface area contributed by atoms with E-state index in [1.807, 2.05) is 178 Å². The first-order chi connectivity index (χ1) is 62.7. The number of nitrogens with zero attached hydrogens (tertiary/aromatic N) is 15. The normalized spacial score (nSPS) is 11.8. The molecule has 0 aliphatic rings. The number of imidazole rings is 3. The van der Waals surface area contributed by atoms with Crippen LogP contribution in [0.5, 0.6) is 69.6 Å². The van der Waals surface area contributed by atoms with Crippen molar-refractivity contribution in [3.63, 3.8) is 0 Å². The lowest BCUT2D eigenvalue weighted by molar-refractivity contribution is -0.697. The van der Waals surface area contributed by atoms with Crippen LogP contribution in [-0.2, 0) is 49.3 Å². The predicted molar refractivity (Wildman–Crippen MR) is 506 cm³/mol. The lowest BCUT2D eigenvalue weighted by Crippen LogP contribution is -2.35. The van der Waals surface area contributed by atoms with Crippen molar-refractivity contribution in [2.45, 2.75) is 115 Å². The summed E-state index contributed by atoms with van der Waals surface area (Å²) in [5, 5.41) is 6.57. The van der Waals surface area contributed by atoms with Gasteiger partial charge in [-0.3, -0.25) is 19.9 Å². The number of aryl methyl sites for hydroxylation is 12. The number of fused-ring (bicyclic) bond motifs is 24. The van der Waals surface area contributed by atoms with Crippen LogP contribution < -0.4 is 60.4 Å². The Bertz CT molecular complexity index is 7950. The van der Waals surface area contributed by atoms with Gasteiger partial charge in [0.2, 0.25) is 0 Å². The molecule has 0 spiro atoms. The fourth-order valence-electron chi connectivity index (χ4n) is 19.0. The monoisotopic (exact) mass is 1730 g/mol. The molecule has 21 aromatic rings. The van der Waals surface area contributed by atoms with Crippen LogP contribution in [-0.4, -0.2) is 38.1 Å². The number of pyridine rings is 12. The second-order valence-corrected chi connectivity index (χ2v) is 34.9. The maximum atomic E-state index is 15.5. The maximum absolute atomic E-state index is 15.5. The number of rotatable bonds is 15. The smallest absolute Gasteiger partial charge is 0.380 e. The molecule has 6 aromatic carbocycles. The summed E-state index contributed by atoms with van der Waals surface area (Å²) in [4.78, 5) is 24.3. The zero-order valence-corrected chi connectivity index (χ0v) is 77.3. The average molecular weight is 1730 g/mol. The van der Waals surface area contributed by atoms with Crippen molar-refractivity contribution >= 4 is 115 Å². The van der Waals surface area contributed by atoms with E-state index >= 15 is 4.39 Å². The van der Waals surface area contributed by atoms with Crippen molar-refractivity contribution in [1.82, 2.24) is 38.1 Å². The topological polar surface area (TPSA) is 160 Å². The van der Waals surface area contributed by atoms with Crippen molar-refractivity contribution in [1.29, 1.82) is 0 Å². The van der Waals surface area contributed by atoms with Gasteiger partial charge in [-0.05, 0) is 169 Å². The molecule has 130 heavy (non-hydrogen) atoms. The summed E-state index contributed by atoms with van der Waals surface area (Å²) in [6.45, 7) is 29.1. The fourth-order valence-corrected chi connectivity index (χ4v) is 19.0. The van der Waals surface area contributed by atoms with Gasteiger partial charge in [-0.1, -0.05) is 114 Å². The van der Waals surface area contributed by atoms with Gasteiger partial charge in [0, 0.05) is 46.0 Å². The van der Waals surface area contributed by atoms with Gasteiger partial charge in [0.15, 0.2) is 80.4 Å². The van der Waals surface area contributed by atoms with Crippen molar-refractivity contribution in [3.05, 3.63) is 305 Å². The molecular formula is C108H105FN15O6+7. The Morgan fingerprint density at radius 1 is 0.277 bits per heavy atom. The third kappa shape index (κ3) is 14.0. The van der Waals surface area contributed by atoms with E-state index in [0.717, 1.165) is 145 Å². The molecule has 0 saturated heterocycles. The van der Waals surface area contributed by atoms with E-state index in [0.29, 0.717) is 75.2 Å². The number of halogens is 1. The summed E-state index contributed by atoms with van der Waals surface area (Å²) in [7, 11) is 14.1. The van der Waals surface area contributed by atoms with Gasteiger partial charge in [0.1, 0.15) is 56.2 Å². The standard InChI is InChI=1S/C37H37N5O2.C36H34FN5O2.C35H34N5O2/c1-21(2)26-14-13-17-29-33(26)34-32(37-41(8)27-15-9-10-16-28(27)42(29)37)22(3)30(20-38-34)43-35-23(4)36(25(6)39-24(35)5)44-31-18-11-12-19-40(31)7;1-20(2)24-13-12-16-27-31(24)32-30(36-41(7)25-14-8-9-15-26(25)42(27)36)21(3)28(19-38-32)43-34-22(4)33(23(5)39-35(34)37)44-29-17-10-11-18-40(29)6;1-22(2)24-13-11-16-27-33(24)34-32(35-38(5)25-14-7-8-15-26(25)40(27)35)23(3)28(21-36-34)41-30-18-12-19-31(39(30)6)42-29-17-9-10-20-37(29)4/h9-21H,1-8H3;8-20H,1-7H3;7-22H,1-6H3/q2*+2;+3. The van der Waals surface area contributed by atoms with Crippen molar-refractivity contribution < 1.29 is 64.8 Å². The summed E-state index contributed by atoms with van der Waals surface area (Å²) in [6.07, 6.45) is 11.2. The van der Waals surface area contributed by atoms with Crippen LogP contribution in [0.3, 0.4) is 0 Å². The van der Waals surface area contributed by atoms with Gasteiger partial charge in [0.05, 0.1) is 136 Å². The molecule has 21 nitrogen and oxygen atoms in total. The zero-order valence-electron chi connectivity index (χ0n) is 77.3. The third-order valence-corrected chi connectivity index (χ3v) is 25.7. The number of aromatic nitrogens is 15. The van der Waals surface area contributed by atoms with Crippen LogP contribution in [0.4, 0.5) is 4.39 Å². The van der Waals surface area contributed by atoms with E-state index in [9.17, 15) is 0 Å². The zero-order chi connectivity index (χ0) is 90.8. The minimum atomic E-state index is -0.700. The first-order valence-corrected chi connectivity index (χ1v) is 44.1. The summed E-state index contributed by atoms with van der Waals surface area (Å²) in [6, 6.07) is 68.4. The van der Waals surface area contributed by atoms with E-state index in [-0.39, 0.29) is 11.7 Å². The van der Waals surface area contributed by atoms with Crippen LogP contribution in [0.2, 0.25) is 0 Å². The minimum Gasteiger partial charge on any atom is -0.453 e. The molecule has 0 N–H and O–H groups in total. The van der Waals surface area contributed by atoms with Gasteiger partial charge < -0.3 is 28.4 Å². The van der Waals surface area contributed by atoms with Crippen LogP contribution in [0.15, 0.2) is 237 Å². The molecule has 15 aromatic heterocycles. The fraction of sp³-hybridized carbons (Fsp3) is 0.222. The molecule has 648 valence electrons. The Morgan fingerprint density at radius 2 is 0.569 bits per heavy atom. The number of hydrogen-bond acceptors (Lipinski definition) is 11. The highest BCUT2D eigenvalue weighted by Crippen LogP contribution is 2.47. The molecule has 0 atom stereocenters. The Balaban J connectivity index is 0.000000126. The first-order valence-electron chi connectivity index (χ1n) is 44.1. The van der Waals surface area contributed by atoms with Crippen LogP contribution in [0.1, 0.15) is 121 Å². The quantitative estimate of drug-likeness (QED) is 0.0546. The van der Waals surface area contributed by atoms with Crippen molar-refractivity contribution in [2.75, 3.05) is 0 Å². The number of benzene rings is 6. The van der Waals surface area contributed by atoms with Gasteiger partial charge >= 0.3 is 29.4 Å². The first kappa shape index (κ1) is 84.3. The molecule has 22 heteroatoms. The predicted octanol–water partition coefficient (Wildman–Crippen LogP) is 21.7. The third-order valence-electron chi connectivity index (χ3n) is 25.7. The van der Waals surface area contributed by atoms with Gasteiger partial charge in [-0.25, -0.2) is 18.7 Å². The number of hydrogen-bond donors (Lipinski definition) is 0. The van der Waals surface area contributed by atoms with Crippen LogP contribution in [0.25, 0.3) is 115 Å². The molecule has 0 aliphatic carbocycles. The summed E-state index contributed by atoms with van der Waals surface area (Å²) >= 11 is 0. The van der Waals surface area contributed by atoms with E-state index in [4.69, 9.17) is 48.4 Å². The summed E-state index contributed by atoms with van der Waals surface area (Å²) < 4.78 is 75.6. The van der Waals surface area contributed by atoms with E-state index in [2.05, 4.69) is 236 Å². The van der Waals surface area contributed by atoms with E-state index < -0.39 is 5.95 Å². The molecule has 0 bridgehead atoms. The molecule has 0 amide bonds. The van der Waals surface area contributed by atoms with E-state index in [1.54, 1.807) is 20.0 Å². The average Bonchev–Trinajstić information content (AvgIpc) is 1.52. The highest BCUT2D eigenvalue weighted by atomic mass is 19.1. The minimum absolute atomic E-state index is 0.0121. The highest BCUT2D eigenvalue weighted by molar-refractivity contribution is 6.16. The molecule has 15 heterocycles. The van der Waals surface area contributed by atoms with Gasteiger partial charge in [-0.15, -0.1) is 4.57 Å². The molecule has 0 fully saturated rings. The summed E-state index contributed by atoms with van der Waals surface area (Å²) in [5.41, 5.74) is 26.4. The Kier molecular flexibility index (Phi) is 21.5. The van der Waals surface area contributed by atoms with Crippen molar-refractivity contribution in [2.24, 2.45) is 49.3 Å². The molecule has 21 rings (SSSR count). The van der Waals surface area contributed by atoms with Crippen molar-refractivity contribution in [3.8, 4) is 69.6 Å². The van der Waals surface area contributed by atoms with Crippen LogP contribution >= 0.6 is 0 Å². The molecule has 0 radical (unpaired) electrons. The Labute approximate surface area is 752 Å². The largest absolute Gasteiger partial charge is 0.453 e. The summed E-state index contributed by atoms with van der Waals surface area (Å²) in [5.74, 6) is 7.33. The van der Waals surface area contributed by atoms with Gasteiger partial charge in [-0.2, -0.15) is 31.3 Å².